The highest BCUT2D eigenvalue weighted by atomic mass is 16.7. The molecule has 1 saturated heterocycles. The van der Waals surface area contributed by atoms with Crippen molar-refractivity contribution in [2.24, 2.45) is 10.8 Å². The highest BCUT2D eigenvalue weighted by molar-refractivity contribution is 5.01. The van der Waals surface area contributed by atoms with Crippen LogP contribution in [0.15, 0.2) is 0 Å². The van der Waals surface area contributed by atoms with Crippen LogP contribution in [-0.2, 0) is 9.47 Å². The van der Waals surface area contributed by atoms with Crippen molar-refractivity contribution >= 4 is 0 Å². The van der Waals surface area contributed by atoms with Gasteiger partial charge in [-0.05, 0) is 19.3 Å². The van der Waals surface area contributed by atoms with E-state index in [2.05, 4.69) is 41.5 Å². The van der Waals surface area contributed by atoms with Crippen molar-refractivity contribution in [1.82, 2.24) is 0 Å². The Bertz CT molecular complexity index is 269. The SMILES string of the molecule is CCCCC(C)(CCCC)C1(C(C)(C)CC)OCCO1. The van der Waals surface area contributed by atoms with E-state index in [1.807, 2.05) is 0 Å². The number of hydrogen-bond donors (Lipinski definition) is 0. The number of unbranched alkanes of at least 4 members (excludes halogenated alkanes) is 2. The first-order valence-electron chi connectivity index (χ1n) is 8.67. The van der Waals surface area contributed by atoms with E-state index in [4.69, 9.17) is 9.47 Å². The molecule has 0 radical (unpaired) electrons. The summed E-state index contributed by atoms with van der Waals surface area (Å²) in [5, 5.41) is 0. The molecule has 1 aliphatic rings. The summed E-state index contributed by atoms with van der Waals surface area (Å²) < 4.78 is 12.7. The van der Waals surface area contributed by atoms with Gasteiger partial charge in [-0.15, -0.1) is 0 Å². The predicted octanol–water partition coefficient (Wildman–Crippen LogP) is 5.55. The normalized spacial score (nSPS) is 19.5. The molecule has 1 rings (SSSR count). The van der Waals surface area contributed by atoms with Gasteiger partial charge < -0.3 is 9.47 Å². The molecule has 0 aromatic carbocycles. The second kappa shape index (κ2) is 7.26. The van der Waals surface area contributed by atoms with E-state index in [9.17, 15) is 0 Å². The smallest absolute Gasteiger partial charge is 0.178 e. The predicted molar refractivity (Wildman–Crippen MR) is 85.9 cm³/mol. The maximum Gasteiger partial charge on any atom is 0.178 e. The average molecular weight is 284 g/mol. The largest absolute Gasteiger partial charge is 0.346 e. The van der Waals surface area contributed by atoms with Gasteiger partial charge in [0.05, 0.1) is 13.2 Å². The minimum Gasteiger partial charge on any atom is -0.346 e. The van der Waals surface area contributed by atoms with Crippen molar-refractivity contribution in [3.8, 4) is 0 Å². The summed E-state index contributed by atoms with van der Waals surface area (Å²) in [6.45, 7) is 15.3. The van der Waals surface area contributed by atoms with Crippen LogP contribution in [0.3, 0.4) is 0 Å². The molecule has 20 heavy (non-hydrogen) atoms. The Hall–Kier alpha value is -0.0800. The zero-order valence-corrected chi connectivity index (χ0v) is 14.7. The second-order valence-electron chi connectivity index (χ2n) is 7.32. The monoisotopic (exact) mass is 284 g/mol. The van der Waals surface area contributed by atoms with E-state index in [1.165, 1.54) is 38.5 Å². The summed E-state index contributed by atoms with van der Waals surface area (Å²) in [7, 11) is 0. The molecule has 1 aliphatic heterocycles. The molecular formula is C18H36O2. The van der Waals surface area contributed by atoms with Gasteiger partial charge >= 0.3 is 0 Å². The fourth-order valence-electron chi connectivity index (χ4n) is 3.79. The molecule has 0 bridgehead atoms. The first kappa shape index (κ1) is 18.0. The molecule has 0 aromatic rings. The number of rotatable bonds is 9. The zero-order chi connectivity index (χ0) is 15.3. The second-order valence-corrected chi connectivity index (χ2v) is 7.32. The van der Waals surface area contributed by atoms with E-state index in [0.29, 0.717) is 0 Å². The Morgan fingerprint density at radius 3 is 1.65 bits per heavy atom. The summed E-state index contributed by atoms with van der Waals surface area (Å²) in [5.74, 6) is -0.404. The van der Waals surface area contributed by atoms with Crippen LogP contribution < -0.4 is 0 Å². The van der Waals surface area contributed by atoms with Gasteiger partial charge in [0.2, 0.25) is 0 Å². The molecular weight excluding hydrogens is 248 g/mol. The van der Waals surface area contributed by atoms with Crippen LogP contribution in [-0.4, -0.2) is 19.0 Å². The van der Waals surface area contributed by atoms with Crippen molar-refractivity contribution in [2.45, 2.75) is 92.3 Å². The third kappa shape index (κ3) is 3.22. The lowest BCUT2D eigenvalue weighted by Gasteiger charge is -2.53. The number of hydrogen-bond acceptors (Lipinski definition) is 2. The maximum atomic E-state index is 6.33. The summed E-state index contributed by atoms with van der Waals surface area (Å²) in [6.07, 6.45) is 8.48. The molecule has 0 N–H and O–H groups in total. The molecule has 0 amide bonds. The van der Waals surface area contributed by atoms with Crippen LogP contribution in [0.5, 0.6) is 0 Å². The Balaban J connectivity index is 3.10. The minimum atomic E-state index is -0.404. The zero-order valence-electron chi connectivity index (χ0n) is 14.7. The quantitative estimate of drug-likeness (QED) is 0.552. The third-order valence-corrected chi connectivity index (χ3v) is 5.43. The fraction of sp³-hybridized carbons (Fsp3) is 1.00. The topological polar surface area (TPSA) is 18.5 Å². The van der Waals surface area contributed by atoms with Gasteiger partial charge in [0.25, 0.3) is 0 Å². The van der Waals surface area contributed by atoms with Crippen LogP contribution in [0.25, 0.3) is 0 Å². The molecule has 0 aliphatic carbocycles. The van der Waals surface area contributed by atoms with Crippen LogP contribution in [0.2, 0.25) is 0 Å². The molecule has 2 heteroatoms. The summed E-state index contributed by atoms with van der Waals surface area (Å²) in [5.41, 5.74) is 0.175. The third-order valence-electron chi connectivity index (χ3n) is 5.43. The van der Waals surface area contributed by atoms with Gasteiger partial charge in [-0.3, -0.25) is 0 Å². The van der Waals surface area contributed by atoms with Gasteiger partial charge in [0, 0.05) is 10.8 Å². The molecule has 2 nitrogen and oxygen atoms in total. The highest BCUT2D eigenvalue weighted by Gasteiger charge is 2.59. The lowest BCUT2D eigenvalue weighted by atomic mass is 9.62. The van der Waals surface area contributed by atoms with Crippen molar-refractivity contribution in [2.75, 3.05) is 13.2 Å². The first-order valence-corrected chi connectivity index (χ1v) is 8.67. The molecule has 0 saturated carbocycles. The Kier molecular flexibility index (Phi) is 6.53. The Morgan fingerprint density at radius 1 is 0.850 bits per heavy atom. The van der Waals surface area contributed by atoms with E-state index in [-0.39, 0.29) is 10.8 Å². The summed E-state index contributed by atoms with van der Waals surface area (Å²) in [4.78, 5) is 0. The van der Waals surface area contributed by atoms with Crippen molar-refractivity contribution in [3.05, 3.63) is 0 Å². The molecule has 0 spiro atoms. The van der Waals surface area contributed by atoms with Gasteiger partial charge in [-0.1, -0.05) is 67.2 Å². The lowest BCUT2D eigenvalue weighted by molar-refractivity contribution is -0.298. The van der Waals surface area contributed by atoms with Crippen LogP contribution in [0, 0.1) is 10.8 Å². The molecule has 0 unspecified atom stereocenters. The van der Waals surface area contributed by atoms with Gasteiger partial charge in [-0.25, -0.2) is 0 Å². The fourth-order valence-corrected chi connectivity index (χ4v) is 3.79. The highest BCUT2D eigenvalue weighted by Crippen LogP contribution is 2.56. The van der Waals surface area contributed by atoms with Crippen molar-refractivity contribution < 1.29 is 9.47 Å². The Labute approximate surface area is 126 Å². The standard InChI is InChI=1S/C18H36O2/c1-7-10-12-17(6,13-11-8-2)18(16(4,5)9-3)19-14-15-20-18/h7-15H2,1-6H3. The van der Waals surface area contributed by atoms with Crippen molar-refractivity contribution in [1.29, 1.82) is 0 Å². The van der Waals surface area contributed by atoms with E-state index < -0.39 is 5.79 Å². The van der Waals surface area contributed by atoms with E-state index >= 15 is 0 Å². The van der Waals surface area contributed by atoms with E-state index in [0.717, 1.165) is 19.6 Å². The van der Waals surface area contributed by atoms with E-state index in [1.54, 1.807) is 0 Å². The minimum absolute atomic E-state index is 0.0553. The molecule has 1 heterocycles. The van der Waals surface area contributed by atoms with Gasteiger partial charge in [0.1, 0.15) is 0 Å². The van der Waals surface area contributed by atoms with Crippen LogP contribution in [0.4, 0.5) is 0 Å². The average Bonchev–Trinajstić information content (AvgIpc) is 2.94. The summed E-state index contributed by atoms with van der Waals surface area (Å²) in [6, 6.07) is 0. The summed E-state index contributed by atoms with van der Waals surface area (Å²) >= 11 is 0. The molecule has 0 aromatic heterocycles. The Morgan fingerprint density at radius 2 is 1.30 bits per heavy atom. The number of ether oxygens (including phenoxy) is 2. The van der Waals surface area contributed by atoms with Crippen LogP contribution >= 0.6 is 0 Å². The molecule has 1 fully saturated rings. The van der Waals surface area contributed by atoms with Crippen molar-refractivity contribution in [3.63, 3.8) is 0 Å². The lowest BCUT2D eigenvalue weighted by Crippen LogP contribution is -2.57. The van der Waals surface area contributed by atoms with Gasteiger partial charge in [0.15, 0.2) is 5.79 Å². The first-order chi connectivity index (χ1) is 9.39. The molecule has 120 valence electrons. The maximum absolute atomic E-state index is 6.33. The molecule has 0 atom stereocenters. The van der Waals surface area contributed by atoms with Gasteiger partial charge in [-0.2, -0.15) is 0 Å². The van der Waals surface area contributed by atoms with Crippen LogP contribution in [0.1, 0.15) is 86.5 Å².